The van der Waals surface area contributed by atoms with E-state index in [0.29, 0.717) is 23.6 Å². The number of hydrogen-bond acceptors (Lipinski definition) is 3. The van der Waals surface area contributed by atoms with Gasteiger partial charge >= 0.3 is 0 Å². The van der Waals surface area contributed by atoms with Gasteiger partial charge in [0.2, 0.25) is 0 Å². The molecule has 21 heavy (non-hydrogen) atoms. The zero-order valence-electron chi connectivity index (χ0n) is 13.6. The third kappa shape index (κ3) is 4.67. The summed E-state index contributed by atoms with van der Waals surface area (Å²) >= 11 is 0. The number of nitrogens with one attached hydrogen (secondary N) is 1. The minimum absolute atomic E-state index is 0.0910. The van der Waals surface area contributed by atoms with E-state index in [2.05, 4.69) is 24.1 Å². The minimum Gasteiger partial charge on any atom is -0.472 e. The Hall–Kier alpha value is -1.16. The van der Waals surface area contributed by atoms with E-state index in [0.717, 1.165) is 25.7 Å². The Bertz CT molecular complexity index is 464. The van der Waals surface area contributed by atoms with E-state index in [1.807, 2.05) is 13.8 Å². The molecule has 2 rings (SSSR count). The molecule has 0 saturated heterocycles. The summed E-state index contributed by atoms with van der Waals surface area (Å²) in [6.07, 6.45) is 5.91. The lowest BCUT2D eigenvalue weighted by atomic mass is 9.76. The summed E-state index contributed by atoms with van der Waals surface area (Å²) in [7, 11) is 0. The summed E-state index contributed by atoms with van der Waals surface area (Å²) < 4.78 is 20.2. The van der Waals surface area contributed by atoms with E-state index in [1.165, 1.54) is 0 Å². The molecule has 1 heterocycles. The van der Waals surface area contributed by atoms with Crippen molar-refractivity contribution in [2.75, 3.05) is 0 Å². The van der Waals surface area contributed by atoms with Gasteiger partial charge in [0.15, 0.2) is 5.82 Å². The monoisotopic (exact) mass is 294 g/mol. The highest BCUT2D eigenvalue weighted by Crippen LogP contribution is 2.36. The summed E-state index contributed by atoms with van der Waals surface area (Å²) in [5.74, 6) is -0.168. The Morgan fingerprint density at radius 2 is 2.05 bits per heavy atom. The fourth-order valence-corrected chi connectivity index (χ4v) is 2.64. The van der Waals surface area contributed by atoms with Gasteiger partial charge in [-0.05, 0) is 37.2 Å². The zero-order valence-corrected chi connectivity index (χ0v) is 13.6. The van der Waals surface area contributed by atoms with Crippen molar-refractivity contribution in [1.82, 2.24) is 10.3 Å². The predicted octanol–water partition coefficient (Wildman–Crippen LogP) is 4.07. The molecule has 0 spiro atoms. The molecular formula is C17H27FN2O. The van der Waals surface area contributed by atoms with Crippen molar-refractivity contribution < 1.29 is 9.13 Å². The molecule has 0 unspecified atom stereocenters. The Balaban J connectivity index is 1.99. The predicted molar refractivity (Wildman–Crippen MR) is 82.8 cm³/mol. The number of hydrogen-bond donors (Lipinski definition) is 1. The largest absolute Gasteiger partial charge is 0.472 e. The van der Waals surface area contributed by atoms with Gasteiger partial charge in [0.1, 0.15) is 6.10 Å². The molecule has 118 valence electrons. The number of aromatic nitrogens is 1. The van der Waals surface area contributed by atoms with E-state index < -0.39 is 0 Å². The SMILES string of the molecule is CC(C)NCc1ccnc(OC2CCC(C)(C)CC2)c1F. The molecule has 1 aromatic heterocycles. The maximum Gasteiger partial charge on any atom is 0.250 e. The van der Waals surface area contributed by atoms with E-state index in [-0.39, 0.29) is 17.8 Å². The van der Waals surface area contributed by atoms with Crippen molar-refractivity contribution in [2.45, 2.75) is 72.1 Å². The molecule has 0 aliphatic heterocycles. The molecule has 0 bridgehead atoms. The fourth-order valence-electron chi connectivity index (χ4n) is 2.64. The Kier molecular flexibility index (Phi) is 5.20. The summed E-state index contributed by atoms with van der Waals surface area (Å²) in [5, 5.41) is 3.22. The van der Waals surface area contributed by atoms with Gasteiger partial charge in [-0.1, -0.05) is 27.7 Å². The molecule has 4 heteroatoms. The number of halogens is 1. The third-order valence-corrected chi connectivity index (χ3v) is 4.20. The van der Waals surface area contributed by atoms with Gasteiger partial charge in [0.05, 0.1) is 0 Å². The molecule has 0 atom stereocenters. The van der Waals surface area contributed by atoms with Crippen LogP contribution in [0, 0.1) is 11.2 Å². The lowest BCUT2D eigenvalue weighted by Crippen LogP contribution is -2.29. The highest BCUT2D eigenvalue weighted by Gasteiger charge is 2.28. The van der Waals surface area contributed by atoms with Crippen LogP contribution in [0.3, 0.4) is 0 Å². The van der Waals surface area contributed by atoms with E-state index >= 15 is 0 Å². The molecular weight excluding hydrogens is 267 g/mol. The molecule has 0 radical (unpaired) electrons. The highest BCUT2D eigenvalue weighted by atomic mass is 19.1. The quantitative estimate of drug-likeness (QED) is 0.889. The van der Waals surface area contributed by atoms with Gasteiger partial charge < -0.3 is 10.1 Å². The van der Waals surface area contributed by atoms with Gasteiger partial charge in [-0.3, -0.25) is 0 Å². The maximum atomic E-state index is 14.4. The van der Waals surface area contributed by atoms with Crippen LogP contribution < -0.4 is 10.1 Å². The minimum atomic E-state index is -0.324. The van der Waals surface area contributed by atoms with Gasteiger partial charge in [-0.15, -0.1) is 0 Å². The smallest absolute Gasteiger partial charge is 0.250 e. The van der Waals surface area contributed by atoms with Crippen LogP contribution in [-0.4, -0.2) is 17.1 Å². The van der Waals surface area contributed by atoms with Crippen LogP contribution >= 0.6 is 0 Å². The summed E-state index contributed by atoms with van der Waals surface area (Å²) in [4.78, 5) is 4.07. The Morgan fingerprint density at radius 1 is 1.38 bits per heavy atom. The first-order chi connectivity index (χ1) is 9.87. The van der Waals surface area contributed by atoms with Gasteiger partial charge in [-0.2, -0.15) is 0 Å². The molecule has 1 fully saturated rings. The first-order valence-electron chi connectivity index (χ1n) is 7.91. The second-order valence-corrected chi connectivity index (χ2v) is 7.11. The van der Waals surface area contributed by atoms with Crippen molar-refractivity contribution >= 4 is 0 Å². The van der Waals surface area contributed by atoms with Crippen LogP contribution in [0.1, 0.15) is 58.9 Å². The number of pyridine rings is 1. The van der Waals surface area contributed by atoms with Crippen LogP contribution in [0.2, 0.25) is 0 Å². The standard InChI is InChI=1S/C17H27FN2O/c1-12(2)20-11-13-7-10-19-16(15(13)18)21-14-5-8-17(3,4)9-6-14/h7,10,12,14,20H,5-6,8-9,11H2,1-4H3. The van der Waals surface area contributed by atoms with Crippen molar-refractivity contribution in [2.24, 2.45) is 5.41 Å². The first kappa shape index (κ1) is 16.2. The van der Waals surface area contributed by atoms with E-state index in [4.69, 9.17) is 4.74 Å². The summed E-state index contributed by atoms with van der Waals surface area (Å²) in [5.41, 5.74) is 0.999. The van der Waals surface area contributed by atoms with Crippen LogP contribution in [0.15, 0.2) is 12.3 Å². The number of ether oxygens (including phenoxy) is 1. The van der Waals surface area contributed by atoms with Crippen molar-refractivity contribution in [3.8, 4) is 5.88 Å². The highest BCUT2D eigenvalue weighted by molar-refractivity contribution is 5.23. The molecule has 3 nitrogen and oxygen atoms in total. The van der Waals surface area contributed by atoms with Gasteiger partial charge in [-0.25, -0.2) is 9.37 Å². The Morgan fingerprint density at radius 3 is 2.67 bits per heavy atom. The number of nitrogens with zero attached hydrogens (tertiary/aromatic N) is 1. The second kappa shape index (κ2) is 6.73. The average molecular weight is 294 g/mol. The molecule has 1 aliphatic rings. The maximum absolute atomic E-state index is 14.4. The average Bonchev–Trinajstić information content (AvgIpc) is 2.42. The molecule has 0 amide bonds. The first-order valence-corrected chi connectivity index (χ1v) is 7.91. The second-order valence-electron chi connectivity index (χ2n) is 7.11. The summed E-state index contributed by atoms with van der Waals surface area (Å²) in [6.45, 7) is 9.14. The van der Waals surface area contributed by atoms with Gasteiger partial charge in [0.25, 0.3) is 5.88 Å². The van der Waals surface area contributed by atoms with Crippen LogP contribution in [0.5, 0.6) is 5.88 Å². The topological polar surface area (TPSA) is 34.2 Å². The van der Waals surface area contributed by atoms with E-state index in [9.17, 15) is 4.39 Å². The zero-order chi connectivity index (χ0) is 15.5. The lowest BCUT2D eigenvalue weighted by Gasteiger charge is -2.34. The van der Waals surface area contributed by atoms with Crippen molar-refractivity contribution in [3.63, 3.8) is 0 Å². The van der Waals surface area contributed by atoms with Crippen LogP contribution in [-0.2, 0) is 6.54 Å². The van der Waals surface area contributed by atoms with Crippen LogP contribution in [0.4, 0.5) is 4.39 Å². The number of rotatable bonds is 5. The summed E-state index contributed by atoms with van der Waals surface area (Å²) in [6, 6.07) is 2.03. The lowest BCUT2D eigenvalue weighted by molar-refractivity contribution is 0.0908. The van der Waals surface area contributed by atoms with E-state index in [1.54, 1.807) is 12.3 Å². The molecule has 0 aromatic carbocycles. The molecule has 1 N–H and O–H groups in total. The molecule has 1 aliphatic carbocycles. The van der Waals surface area contributed by atoms with Crippen molar-refractivity contribution in [1.29, 1.82) is 0 Å². The Labute approximate surface area is 127 Å². The molecule has 1 saturated carbocycles. The molecule has 1 aromatic rings. The van der Waals surface area contributed by atoms with Gasteiger partial charge in [0, 0.05) is 24.3 Å². The van der Waals surface area contributed by atoms with Crippen molar-refractivity contribution in [3.05, 3.63) is 23.6 Å². The normalized spacial score (nSPS) is 19.0. The third-order valence-electron chi connectivity index (χ3n) is 4.20. The van der Waals surface area contributed by atoms with Crippen LogP contribution in [0.25, 0.3) is 0 Å². The fraction of sp³-hybridized carbons (Fsp3) is 0.706.